The number of aromatic nitrogens is 3. The van der Waals surface area contributed by atoms with Crippen LogP contribution in [-0.4, -0.2) is 26.0 Å². The first-order valence-electron chi connectivity index (χ1n) is 11.2. The van der Waals surface area contributed by atoms with Crippen LogP contribution in [0.1, 0.15) is 58.1 Å². The molecule has 0 unspecified atom stereocenters. The van der Waals surface area contributed by atoms with Crippen LogP contribution in [-0.2, 0) is 20.1 Å². The van der Waals surface area contributed by atoms with Crippen LogP contribution in [0.15, 0.2) is 24.5 Å². The number of hydrogen-bond acceptors (Lipinski definition) is 3. The molecule has 0 saturated heterocycles. The number of fused-ring (bicyclic) bond motifs is 1. The van der Waals surface area contributed by atoms with Gasteiger partial charge in [-0.05, 0) is 42.9 Å². The van der Waals surface area contributed by atoms with Crippen LogP contribution in [0.5, 0.6) is 0 Å². The van der Waals surface area contributed by atoms with E-state index in [4.69, 9.17) is 0 Å². The van der Waals surface area contributed by atoms with Crippen molar-refractivity contribution in [2.75, 3.05) is 0 Å². The van der Waals surface area contributed by atoms with E-state index in [9.17, 15) is 17.6 Å². The average Bonchev–Trinajstić information content (AvgIpc) is 3.36. The lowest BCUT2D eigenvalue weighted by atomic mass is 9.97. The van der Waals surface area contributed by atoms with Gasteiger partial charge >= 0.3 is 0 Å². The Kier molecular flexibility index (Phi) is 8.34. The Morgan fingerprint density at radius 2 is 1.82 bits per heavy atom. The Labute approximate surface area is 201 Å². The maximum atomic E-state index is 15.2. The molecule has 0 aliphatic heterocycles. The summed E-state index contributed by atoms with van der Waals surface area (Å²) in [6.07, 6.45) is 0.750. The van der Waals surface area contributed by atoms with Crippen molar-refractivity contribution in [2.24, 2.45) is 12.5 Å². The van der Waals surface area contributed by atoms with E-state index in [0.29, 0.717) is 11.8 Å². The fraction of sp³-hybridized carbons (Fsp3) is 0.542. The molecular weight excluding hydrogens is 471 g/mol. The molecule has 2 aromatic heterocycles. The molecule has 0 amide bonds. The first-order chi connectivity index (χ1) is 15.9. The number of rotatable bonds is 7. The van der Waals surface area contributed by atoms with Crippen LogP contribution in [0.2, 0.25) is 0 Å². The van der Waals surface area contributed by atoms with Crippen molar-refractivity contribution in [1.82, 2.24) is 19.1 Å². The van der Waals surface area contributed by atoms with E-state index in [0.717, 1.165) is 36.1 Å². The molecule has 4 rings (SSSR count). The quantitative estimate of drug-likeness (QED) is 0.271. The van der Waals surface area contributed by atoms with Gasteiger partial charge in [-0.2, -0.15) is 5.10 Å². The molecule has 188 valence electrons. The zero-order valence-corrected chi connectivity index (χ0v) is 20.8. The van der Waals surface area contributed by atoms with Gasteiger partial charge in [-0.15, -0.1) is 0 Å². The van der Waals surface area contributed by atoms with Crippen LogP contribution < -0.4 is 4.72 Å². The van der Waals surface area contributed by atoms with Gasteiger partial charge in [-0.3, -0.25) is 9.40 Å². The first kappa shape index (κ1) is 26.5. The molecule has 34 heavy (non-hydrogen) atoms. The van der Waals surface area contributed by atoms with Crippen molar-refractivity contribution in [3.8, 4) is 11.3 Å². The predicted octanol–water partition coefficient (Wildman–Crippen LogP) is 7.34. The maximum Gasteiger partial charge on any atom is 0.267 e. The third-order valence-electron chi connectivity index (χ3n) is 5.19. The molecule has 4 nitrogen and oxygen atoms in total. The van der Waals surface area contributed by atoms with Gasteiger partial charge in [0.1, 0.15) is 5.82 Å². The van der Waals surface area contributed by atoms with E-state index >= 15 is 4.39 Å². The molecule has 0 bridgehead atoms. The SMILES string of the molecule is CC(F)F.Cn1ncc(C(F)F)c1-c1cc2c(cc1F)c(CNSC1CC1)cn2CC(C)(C)C. The monoisotopic (exact) mass is 502 g/mol. The minimum atomic E-state index is -2.72. The van der Waals surface area contributed by atoms with Gasteiger partial charge in [0.15, 0.2) is 0 Å². The van der Waals surface area contributed by atoms with Gasteiger partial charge in [0.2, 0.25) is 6.43 Å². The molecule has 0 spiro atoms. The van der Waals surface area contributed by atoms with Crippen LogP contribution in [0.25, 0.3) is 22.2 Å². The van der Waals surface area contributed by atoms with Crippen LogP contribution in [0.3, 0.4) is 0 Å². The second kappa shape index (κ2) is 10.7. The maximum absolute atomic E-state index is 15.2. The van der Waals surface area contributed by atoms with E-state index in [-0.39, 0.29) is 22.2 Å². The highest BCUT2D eigenvalue weighted by atomic mass is 32.2. The minimum absolute atomic E-state index is 0.00855. The number of hydrogen-bond donors (Lipinski definition) is 1. The molecule has 2 heterocycles. The Morgan fingerprint density at radius 3 is 2.38 bits per heavy atom. The molecule has 3 aromatic rings. The lowest BCUT2D eigenvalue weighted by molar-refractivity contribution is 0.152. The predicted molar refractivity (Wildman–Crippen MR) is 128 cm³/mol. The normalized spacial score (nSPS) is 14.2. The van der Waals surface area contributed by atoms with Crippen molar-refractivity contribution in [1.29, 1.82) is 0 Å². The van der Waals surface area contributed by atoms with Crippen molar-refractivity contribution in [3.63, 3.8) is 0 Å². The van der Waals surface area contributed by atoms with Crippen molar-refractivity contribution >= 4 is 22.9 Å². The second-order valence-corrected chi connectivity index (χ2v) is 10.9. The smallest absolute Gasteiger partial charge is 0.267 e. The highest BCUT2D eigenvalue weighted by molar-refractivity contribution is 7.98. The Bertz CT molecular complexity index is 1110. The Hall–Kier alpha value is -2.07. The summed E-state index contributed by atoms with van der Waals surface area (Å²) < 4.78 is 69.6. The molecule has 1 saturated carbocycles. The van der Waals surface area contributed by atoms with Crippen molar-refractivity contribution < 1.29 is 22.0 Å². The molecule has 0 atom stereocenters. The Balaban J connectivity index is 0.000000751. The van der Waals surface area contributed by atoms with Gasteiger partial charge in [0, 0.05) is 48.1 Å². The van der Waals surface area contributed by atoms with E-state index in [1.165, 1.54) is 23.6 Å². The molecule has 1 fully saturated rings. The summed E-state index contributed by atoms with van der Waals surface area (Å²) in [5.74, 6) is -0.516. The number of nitrogens with zero attached hydrogens (tertiary/aromatic N) is 3. The summed E-state index contributed by atoms with van der Waals surface area (Å²) in [4.78, 5) is 0. The molecule has 10 heteroatoms. The summed E-state index contributed by atoms with van der Waals surface area (Å²) in [6, 6.07) is 3.17. The minimum Gasteiger partial charge on any atom is -0.347 e. The van der Waals surface area contributed by atoms with E-state index in [2.05, 4.69) is 41.4 Å². The fourth-order valence-electron chi connectivity index (χ4n) is 3.72. The molecule has 1 aliphatic carbocycles. The molecular formula is C24H31F5N4S. The highest BCUT2D eigenvalue weighted by Gasteiger charge is 2.25. The van der Waals surface area contributed by atoms with Crippen LogP contribution in [0, 0.1) is 11.2 Å². The van der Waals surface area contributed by atoms with Gasteiger partial charge in [0.25, 0.3) is 6.43 Å². The molecule has 1 N–H and O–H groups in total. The zero-order chi connectivity index (χ0) is 25.2. The standard InChI is InChI=1S/C22H27F3N4S.C2H4F2/c1-22(2,3)12-29-11-13(9-27-30-14-5-6-14)15-7-18(23)16(8-19(15)29)20-17(21(24)25)10-26-28(20)4;1-2(3)4/h7-8,10-11,14,21,27H,5-6,9,12H2,1-4H3;2H,1H3. The fourth-order valence-corrected chi connectivity index (χ4v) is 4.56. The third-order valence-corrected chi connectivity index (χ3v) is 6.31. The van der Waals surface area contributed by atoms with E-state index in [1.807, 2.05) is 0 Å². The number of halogens is 5. The number of nitrogens with one attached hydrogen (secondary N) is 1. The summed E-state index contributed by atoms with van der Waals surface area (Å²) >= 11 is 1.73. The largest absolute Gasteiger partial charge is 0.347 e. The average molecular weight is 503 g/mol. The topological polar surface area (TPSA) is 34.8 Å². The number of alkyl halides is 4. The molecule has 1 aromatic carbocycles. The first-order valence-corrected chi connectivity index (χ1v) is 12.0. The lowest BCUT2D eigenvalue weighted by Crippen LogP contribution is -2.14. The van der Waals surface area contributed by atoms with E-state index in [1.54, 1.807) is 25.1 Å². The van der Waals surface area contributed by atoms with Crippen LogP contribution >= 0.6 is 11.9 Å². The van der Waals surface area contributed by atoms with Gasteiger partial charge in [-0.1, -0.05) is 32.7 Å². The molecule has 0 radical (unpaired) electrons. The number of benzene rings is 1. The third kappa shape index (κ3) is 6.75. The van der Waals surface area contributed by atoms with Gasteiger partial charge in [0.05, 0.1) is 17.5 Å². The highest BCUT2D eigenvalue weighted by Crippen LogP contribution is 2.37. The van der Waals surface area contributed by atoms with Gasteiger partial charge in [-0.25, -0.2) is 22.0 Å². The second-order valence-electron chi connectivity index (χ2n) is 9.72. The number of aryl methyl sites for hydroxylation is 1. The summed E-state index contributed by atoms with van der Waals surface area (Å²) in [7, 11) is 1.56. The summed E-state index contributed by atoms with van der Waals surface area (Å²) in [5.41, 5.74) is 1.87. The lowest BCUT2D eigenvalue weighted by Gasteiger charge is -2.20. The molecule has 1 aliphatic rings. The summed E-state index contributed by atoms with van der Waals surface area (Å²) in [6.45, 7) is 8.61. The zero-order valence-electron chi connectivity index (χ0n) is 20.0. The summed E-state index contributed by atoms with van der Waals surface area (Å²) in [5, 5.41) is 5.42. The van der Waals surface area contributed by atoms with E-state index < -0.39 is 18.7 Å². The Morgan fingerprint density at radius 1 is 1.18 bits per heavy atom. The van der Waals surface area contributed by atoms with Gasteiger partial charge < -0.3 is 4.57 Å². The van der Waals surface area contributed by atoms with Crippen molar-refractivity contribution in [2.45, 2.75) is 71.7 Å². The van der Waals surface area contributed by atoms with Crippen LogP contribution in [0.4, 0.5) is 22.0 Å². The van der Waals surface area contributed by atoms with Crippen molar-refractivity contribution in [3.05, 3.63) is 41.5 Å².